The number of carbonyl (C=O) groups excluding carboxylic acids is 1. The first-order chi connectivity index (χ1) is 9.63. The fourth-order valence-electron chi connectivity index (χ4n) is 2.28. The lowest BCUT2D eigenvalue weighted by atomic mass is 9.85. The van der Waals surface area contributed by atoms with Crippen LogP contribution in [-0.4, -0.2) is 26.2 Å². The van der Waals surface area contributed by atoms with Crippen LogP contribution in [0.2, 0.25) is 0 Å². The number of anilines is 1. The summed E-state index contributed by atoms with van der Waals surface area (Å²) in [5.41, 5.74) is 1.56. The third-order valence-electron chi connectivity index (χ3n) is 3.76. The van der Waals surface area contributed by atoms with Crippen molar-refractivity contribution in [2.75, 3.05) is 5.32 Å². The lowest BCUT2D eigenvalue weighted by Crippen LogP contribution is -2.16. The third kappa shape index (κ3) is 2.43. The number of aromatic amines is 1. The van der Waals surface area contributed by atoms with Gasteiger partial charge in [0.25, 0.3) is 0 Å². The third-order valence-corrected chi connectivity index (χ3v) is 3.76. The topological polar surface area (TPSA) is 96.7 Å². The molecule has 106 valence electrons. The molecule has 1 amide bonds. The van der Waals surface area contributed by atoms with E-state index in [0.29, 0.717) is 17.6 Å². The Morgan fingerprint density at radius 2 is 2.25 bits per heavy atom. The van der Waals surface area contributed by atoms with Gasteiger partial charge in [-0.05, 0) is 26.7 Å². The van der Waals surface area contributed by atoms with Gasteiger partial charge < -0.3 is 4.52 Å². The van der Waals surface area contributed by atoms with E-state index in [1.165, 1.54) is 6.42 Å². The van der Waals surface area contributed by atoms with Gasteiger partial charge in [0.2, 0.25) is 11.9 Å². The molecule has 1 saturated carbocycles. The molecule has 0 radical (unpaired) electrons. The van der Waals surface area contributed by atoms with Crippen LogP contribution in [0.25, 0.3) is 0 Å². The Morgan fingerprint density at radius 3 is 2.85 bits per heavy atom. The Labute approximate surface area is 116 Å². The highest BCUT2D eigenvalue weighted by Crippen LogP contribution is 2.34. The molecule has 7 nitrogen and oxygen atoms in total. The van der Waals surface area contributed by atoms with Crippen LogP contribution in [0.1, 0.15) is 48.0 Å². The molecule has 1 fully saturated rings. The van der Waals surface area contributed by atoms with E-state index in [1.807, 2.05) is 6.92 Å². The molecule has 1 aliphatic carbocycles. The summed E-state index contributed by atoms with van der Waals surface area (Å²) in [4.78, 5) is 16.3. The van der Waals surface area contributed by atoms with Gasteiger partial charge in [-0.15, -0.1) is 5.10 Å². The normalized spacial score (nSPS) is 15.1. The van der Waals surface area contributed by atoms with E-state index in [0.717, 1.165) is 29.9 Å². The van der Waals surface area contributed by atoms with E-state index in [9.17, 15) is 4.79 Å². The van der Waals surface area contributed by atoms with Crippen molar-refractivity contribution < 1.29 is 9.32 Å². The molecule has 2 heterocycles. The average molecular weight is 275 g/mol. The number of nitrogens with one attached hydrogen (secondary N) is 2. The van der Waals surface area contributed by atoms with Gasteiger partial charge in [-0.25, -0.2) is 0 Å². The van der Waals surface area contributed by atoms with Gasteiger partial charge in [-0.1, -0.05) is 11.6 Å². The molecule has 7 heteroatoms. The largest absolute Gasteiger partial charge is 0.361 e. The van der Waals surface area contributed by atoms with Crippen LogP contribution in [-0.2, 0) is 11.2 Å². The Balaban J connectivity index is 1.62. The number of H-pyrrole nitrogens is 1. The Hall–Kier alpha value is -2.18. The summed E-state index contributed by atoms with van der Waals surface area (Å²) in [6, 6.07) is 0. The van der Waals surface area contributed by atoms with Crippen molar-refractivity contribution in [1.29, 1.82) is 0 Å². The number of hydrogen-bond donors (Lipinski definition) is 2. The standard InChI is InChI=1S/C13H17N5O2/c1-7-10(8(2)20-18-7)6-11(19)14-13-15-12(16-17-13)9-4-3-5-9/h9H,3-6H2,1-2H3,(H2,14,15,16,17,19). The second-order valence-electron chi connectivity index (χ2n) is 5.20. The summed E-state index contributed by atoms with van der Waals surface area (Å²) in [6.45, 7) is 3.62. The van der Waals surface area contributed by atoms with Gasteiger partial charge in [0.1, 0.15) is 11.6 Å². The highest BCUT2D eigenvalue weighted by Gasteiger charge is 2.23. The van der Waals surface area contributed by atoms with Crippen molar-refractivity contribution in [1.82, 2.24) is 20.3 Å². The lowest BCUT2D eigenvalue weighted by Gasteiger charge is -2.22. The molecular formula is C13H17N5O2. The monoisotopic (exact) mass is 275 g/mol. The van der Waals surface area contributed by atoms with Gasteiger partial charge >= 0.3 is 0 Å². The fraction of sp³-hybridized carbons (Fsp3) is 0.538. The van der Waals surface area contributed by atoms with Crippen LogP contribution >= 0.6 is 0 Å². The number of aryl methyl sites for hydroxylation is 2. The number of nitrogens with zero attached hydrogens (tertiary/aromatic N) is 3. The highest BCUT2D eigenvalue weighted by molar-refractivity contribution is 5.90. The van der Waals surface area contributed by atoms with E-state index in [1.54, 1.807) is 6.92 Å². The molecule has 2 N–H and O–H groups in total. The van der Waals surface area contributed by atoms with Crippen molar-refractivity contribution in [2.45, 2.75) is 45.4 Å². The maximum absolute atomic E-state index is 12.0. The van der Waals surface area contributed by atoms with E-state index in [4.69, 9.17) is 4.52 Å². The number of amides is 1. The molecule has 20 heavy (non-hydrogen) atoms. The van der Waals surface area contributed by atoms with E-state index in [-0.39, 0.29) is 12.3 Å². The maximum atomic E-state index is 12.0. The van der Waals surface area contributed by atoms with Crippen LogP contribution in [0.3, 0.4) is 0 Å². The first kappa shape index (κ1) is 12.8. The molecule has 2 aromatic heterocycles. The number of aromatic nitrogens is 4. The molecule has 0 unspecified atom stereocenters. The minimum absolute atomic E-state index is 0.168. The molecule has 0 saturated heterocycles. The lowest BCUT2D eigenvalue weighted by molar-refractivity contribution is -0.115. The summed E-state index contributed by atoms with van der Waals surface area (Å²) in [5.74, 6) is 2.17. The second kappa shape index (κ2) is 5.07. The molecule has 3 rings (SSSR count). The molecule has 0 atom stereocenters. The highest BCUT2D eigenvalue weighted by atomic mass is 16.5. The molecule has 0 spiro atoms. The van der Waals surface area contributed by atoms with Gasteiger partial charge in [0.15, 0.2) is 0 Å². The quantitative estimate of drug-likeness (QED) is 0.887. The van der Waals surface area contributed by atoms with Crippen molar-refractivity contribution in [3.8, 4) is 0 Å². The number of hydrogen-bond acceptors (Lipinski definition) is 5. The van der Waals surface area contributed by atoms with E-state index >= 15 is 0 Å². The van der Waals surface area contributed by atoms with Crippen LogP contribution in [0, 0.1) is 13.8 Å². The van der Waals surface area contributed by atoms with Crippen LogP contribution in [0.4, 0.5) is 5.95 Å². The van der Waals surface area contributed by atoms with Crippen LogP contribution in [0.5, 0.6) is 0 Å². The van der Waals surface area contributed by atoms with Crippen molar-refractivity contribution in [3.63, 3.8) is 0 Å². The summed E-state index contributed by atoms with van der Waals surface area (Å²) in [7, 11) is 0. The average Bonchev–Trinajstić information content (AvgIpc) is 2.89. The zero-order valence-electron chi connectivity index (χ0n) is 11.6. The van der Waals surface area contributed by atoms with Crippen molar-refractivity contribution in [3.05, 3.63) is 22.8 Å². The van der Waals surface area contributed by atoms with Crippen molar-refractivity contribution in [2.24, 2.45) is 0 Å². The fourth-order valence-corrected chi connectivity index (χ4v) is 2.28. The SMILES string of the molecule is Cc1noc(C)c1CC(=O)Nc1n[nH]c(C2CCC2)n1. The minimum Gasteiger partial charge on any atom is -0.361 e. The second-order valence-corrected chi connectivity index (χ2v) is 5.20. The molecule has 0 aromatic carbocycles. The molecule has 2 aromatic rings. The van der Waals surface area contributed by atoms with Crippen LogP contribution < -0.4 is 5.32 Å². The van der Waals surface area contributed by atoms with Crippen molar-refractivity contribution >= 4 is 11.9 Å². The molecule has 0 aliphatic heterocycles. The number of rotatable bonds is 4. The van der Waals surface area contributed by atoms with Gasteiger partial charge in [-0.2, -0.15) is 4.98 Å². The molecular weight excluding hydrogens is 258 g/mol. The smallest absolute Gasteiger partial charge is 0.248 e. The predicted octanol–water partition coefficient (Wildman–Crippen LogP) is 1.86. The maximum Gasteiger partial charge on any atom is 0.248 e. The van der Waals surface area contributed by atoms with Gasteiger partial charge in [0, 0.05) is 11.5 Å². The number of carbonyl (C=O) groups is 1. The Kier molecular flexibility index (Phi) is 3.25. The first-order valence-corrected chi connectivity index (χ1v) is 6.77. The Morgan fingerprint density at radius 1 is 1.45 bits per heavy atom. The van der Waals surface area contributed by atoms with Crippen LogP contribution in [0.15, 0.2) is 4.52 Å². The predicted molar refractivity (Wildman–Crippen MR) is 71.3 cm³/mol. The summed E-state index contributed by atoms with van der Waals surface area (Å²) >= 11 is 0. The first-order valence-electron chi connectivity index (χ1n) is 6.77. The zero-order chi connectivity index (χ0) is 14.1. The van der Waals surface area contributed by atoms with Gasteiger partial charge in [-0.3, -0.25) is 15.2 Å². The molecule has 1 aliphatic rings. The van der Waals surface area contributed by atoms with Gasteiger partial charge in [0.05, 0.1) is 12.1 Å². The zero-order valence-corrected chi connectivity index (χ0v) is 11.6. The Bertz CT molecular complexity index is 607. The summed E-state index contributed by atoms with van der Waals surface area (Å²) < 4.78 is 5.04. The van der Waals surface area contributed by atoms with E-state index < -0.39 is 0 Å². The van der Waals surface area contributed by atoms with E-state index in [2.05, 4.69) is 25.7 Å². The summed E-state index contributed by atoms with van der Waals surface area (Å²) in [6.07, 6.45) is 3.73. The minimum atomic E-state index is -0.168. The molecule has 0 bridgehead atoms. The summed E-state index contributed by atoms with van der Waals surface area (Å²) in [5, 5.41) is 13.4.